The topological polar surface area (TPSA) is 27.7 Å². The molecular weight excluding hydrogens is 196 g/mol. The van der Waals surface area contributed by atoms with Crippen LogP contribution in [0, 0.1) is 0 Å². The molecule has 0 aromatic rings. The van der Waals surface area contributed by atoms with Gasteiger partial charge in [-0.1, -0.05) is 13.3 Å². The van der Waals surface area contributed by atoms with E-state index in [1.807, 2.05) is 27.7 Å². The van der Waals surface area contributed by atoms with Crippen LogP contribution in [0.5, 0.6) is 0 Å². The predicted octanol–water partition coefficient (Wildman–Crippen LogP) is 2.58. The Morgan fingerprint density at radius 3 is 1.86 bits per heavy atom. The number of hydrogen-bond donors (Lipinski definition) is 0. The van der Waals surface area contributed by atoms with Gasteiger partial charge in [-0.15, -0.1) is 0 Å². The zero-order valence-corrected chi connectivity index (χ0v) is 10.9. The average Bonchev–Trinajstić information content (AvgIpc) is 2.02. The van der Waals surface area contributed by atoms with Crippen molar-refractivity contribution in [1.82, 2.24) is 0 Å². The lowest BCUT2D eigenvalue weighted by molar-refractivity contribution is -0.275. The van der Waals surface area contributed by atoms with Gasteiger partial charge in [0, 0.05) is 0 Å². The SMILES string of the molecule is CCC[Si]OC(OC(C)C)OC(C)C. The molecule has 84 valence electrons. The molecule has 0 atom stereocenters. The highest BCUT2D eigenvalue weighted by atomic mass is 28.2. The second-order valence-corrected chi connectivity index (χ2v) is 4.69. The Hall–Kier alpha value is 0.0969. The minimum absolute atomic E-state index is 0.130. The van der Waals surface area contributed by atoms with Crippen LogP contribution in [-0.2, 0) is 13.9 Å². The maximum Gasteiger partial charge on any atom is 0.262 e. The van der Waals surface area contributed by atoms with Crippen molar-refractivity contribution >= 4 is 9.76 Å². The molecule has 0 N–H and O–H groups in total. The molecule has 0 aliphatic rings. The Balaban J connectivity index is 3.72. The molecule has 0 aliphatic carbocycles. The standard InChI is InChI=1S/C10H22O3Si/c1-6-7-14-13-10(11-8(2)3)12-9(4)5/h8-10H,6-7H2,1-5H3. The van der Waals surface area contributed by atoms with Gasteiger partial charge >= 0.3 is 0 Å². The van der Waals surface area contributed by atoms with E-state index >= 15 is 0 Å². The molecule has 0 bridgehead atoms. The lowest BCUT2D eigenvalue weighted by atomic mass is 10.5. The van der Waals surface area contributed by atoms with Gasteiger partial charge in [0.25, 0.3) is 6.48 Å². The smallest absolute Gasteiger partial charge is 0.262 e. The third kappa shape index (κ3) is 8.68. The molecule has 0 saturated carbocycles. The zero-order chi connectivity index (χ0) is 11.0. The quantitative estimate of drug-likeness (QED) is 0.356. The first-order valence-corrected chi connectivity index (χ1v) is 6.37. The number of hydrogen-bond acceptors (Lipinski definition) is 3. The summed E-state index contributed by atoms with van der Waals surface area (Å²) in [6, 6.07) is 1.07. The fourth-order valence-electron chi connectivity index (χ4n) is 0.761. The molecule has 0 spiro atoms. The van der Waals surface area contributed by atoms with E-state index in [-0.39, 0.29) is 12.2 Å². The fraction of sp³-hybridized carbons (Fsp3) is 1.00. The number of rotatable bonds is 8. The van der Waals surface area contributed by atoms with E-state index in [1.54, 1.807) is 0 Å². The van der Waals surface area contributed by atoms with Gasteiger partial charge in [-0.2, -0.15) is 0 Å². The van der Waals surface area contributed by atoms with Crippen LogP contribution >= 0.6 is 0 Å². The van der Waals surface area contributed by atoms with Gasteiger partial charge in [0.15, 0.2) is 0 Å². The highest BCUT2D eigenvalue weighted by Crippen LogP contribution is 2.05. The Labute approximate surface area is 90.1 Å². The van der Waals surface area contributed by atoms with Crippen molar-refractivity contribution in [3.63, 3.8) is 0 Å². The molecule has 0 aliphatic heterocycles. The second-order valence-electron chi connectivity index (χ2n) is 3.67. The van der Waals surface area contributed by atoms with Crippen LogP contribution < -0.4 is 0 Å². The maximum absolute atomic E-state index is 5.49. The van der Waals surface area contributed by atoms with E-state index in [1.165, 1.54) is 0 Å². The van der Waals surface area contributed by atoms with Gasteiger partial charge in [0.05, 0.1) is 12.2 Å². The Morgan fingerprint density at radius 2 is 1.50 bits per heavy atom. The molecule has 0 heterocycles. The van der Waals surface area contributed by atoms with Crippen LogP contribution in [0.15, 0.2) is 0 Å². The second kappa shape index (κ2) is 8.41. The summed E-state index contributed by atoms with van der Waals surface area (Å²) in [4.78, 5) is 0. The summed E-state index contributed by atoms with van der Waals surface area (Å²) in [6.45, 7) is 9.54. The molecule has 0 aromatic heterocycles. The van der Waals surface area contributed by atoms with Crippen molar-refractivity contribution in [2.24, 2.45) is 0 Å². The van der Waals surface area contributed by atoms with Crippen molar-refractivity contribution in [3.8, 4) is 0 Å². The third-order valence-corrected chi connectivity index (χ3v) is 2.36. The van der Waals surface area contributed by atoms with Gasteiger partial charge in [0.1, 0.15) is 0 Å². The molecule has 0 amide bonds. The summed E-state index contributed by atoms with van der Waals surface area (Å²) in [6.07, 6.45) is 1.39. The Morgan fingerprint density at radius 1 is 1.00 bits per heavy atom. The first kappa shape index (κ1) is 14.1. The molecule has 4 heteroatoms. The Kier molecular flexibility index (Phi) is 8.47. The normalized spacial score (nSPS) is 12.0. The minimum Gasteiger partial charge on any atom is -0.372 e. The highest BCUT2D eigenvalue weighted by molar-refractivity contribution is 6.26. The van der Waals surface area contributed by atoms with Gasteiger partial charge < -0.3 is 13.9 Å². The van der Waals surface area contributed by atoms with Crippen molar-refractivity contribution in [1.29, 1.82) is 0 Å². The summed E-state index contributed by atoms with van der Waals surface area (Å²) < 4.78 is 16.4. The highest BCUT2D eigenvalue weighted by Gasteiger charge is 2.13. The van der Waals surface area contributed by atoms with Crippen LogP contribution in [-0.4, -0.2) is 28.4 Å². The van der Waals surface area contributed by atoms with Crippen LogP contribution in [0.25, 0.3) is 0 Å². The van der Waals surface area contributed by atoms with Gasteiger partial charge in [0.2, 0.25) is 9.76 Å². The summed E-state index contributed by atoms with van der Waals surface area (Å²) in [5.74, 6) is 0. The third-order valence-electron chi connectivity index (χ3n) is 1.30. The van der Waals surface area contributed by atoms with E-state index in [2.05, 4.69) is 6.92 Å². The maximum atomic E-state index is 5.49. The van der Waals surface area contributed by atoms with E-state index in [9.17, 15) is 0 Å². The molecule has 0 unspecified atom stereocenters. The summed E-state index contributed by atoms with van der Waals surface area (Å²) >= 11 is 0. The van der Waals surface area contributed by atoms with Crippen LogP contribution in [0.2, 0.25) is 6.04 Å². The molecule has 14 heavy (non-hydrogen) atoms. The zero-order valence-electron chi connectivity index (χ0n) is 9.87. The first-order valence-electron chi connectivity index (χ1n) is 5.25. The van der Waals surface area contributed by atoms with Crippen molar-refractivity contribution in [2.45, 2.75) is 65.8 Å². The minimum atomic E-state index is -0.500. The predicted molar refractivity (Wildman–Crippen MR) is 58.2 cm³/mol. The van der Waals surface area contributed by atoms with Crippen molar-refractivity contribution in [3.05, 3.63) is 0 Å². The monoisotopic (exact) mass is 218 g/mol. The largest absolute Gasteiger partial charge is 0.372 e. The van der Waals surface area contributed by atoms with E-state index in [0.29, 0.717) is 9.76 Å². The average molecular weight is 218 g/mol. The molecule has 0 fully saturated rings. The van der Waals surface area contributed by atoms with Gasteiger partial charge in [-0.25, -0.2) is 0 Å². The fourth-order valence-corrected chi connectivity index (χ4v) is 1.33. The summed E-state index contributed by atoms with van der Waals surface area (Å²) in [5, 5.41) is 0. The van der Waals surface area contributed by atoms with Crippen LogP contribution in [0.3, 0.4) is 0 Å². The molecule has 2 radical (unpaired) electrons. The van der Waals surface area contributed by atoms with Crippen molar-refractivity contribution in [2.75, 3.05) is 0 Å². The molecule has 0 rings (SSSR count). The molecule has 3 nitrogen and oxygen atoms in total. The lowest BCUT2D eigenvalue weighted by Gasteiger charge is -2.22. The van der Waals surface area contributed by atoms with Crippen LogP contribution in [0.4, 0.5) is 0 Å². The first-order chi connectivity index (χ1) is 6.56. The van der Waals surface area contributed by atoms with Gasteiger partial charge in [-0.05, 0) is 33.7 Å². The summed E-state index contributed by atoms with van der Waals surface area (Å²) in [7, 11) is 0.462. The lowest BCUT2D eigenvalue weighted by Crippen LogP contribution is -2.28. The van der Waals surface area contributed by atoms with E-state index in [4.69, 9.17) is 13.9 Å². The molecular formula is C10H22O3Si. The number of ether oxygens (including phenoxy) is 2. The molecule has 0 aromatic carbocycles. The molecule has 0 saturated heterocycles. The summed E-state index contributed by atoms with van der Waals surface area (Å²) in [5.41, 5.74) is 0. The van der Waals surface area contributed by atoms with E-state index < -0.39 is 6.48 Å². The Bertz CT molecular complexity index is 119. The van der Waals surface area contributed by atoms with Crippen molar-refractivity contribution < 1.29 is 13.9 Å². The van der Waals surface area contributed by atoms with E-state index in [0.717, 1.165) is 12.5 Å². The van der Waals surface area contributed by atoms with Gasteiger partial charge in [-0.3, -0.25) is 0 Å². The van der Waals surface area contributed by atoms with Crippen LogP contribution in [0.1, 0.15) is 41.0 Å².